The van der Waals surface area contributed by atoms with E-state index >= 15 is 0 Å². The van der Waals surface area contributed by atoms with Crippen molar-refractivity contribution in [1.82, 2.24) is 19.9 Å². The lowest BCUT2D eigenvalue weighted by Gasteiger charge is -2.09. The van der Waals surface area contributed by atoms with E-state index < -0.39 is 10.1 Å². The Morgan fingerprint density at radius 2 is 1.97 bits per heavy atom. The Bertz CT molecular complexity index is 1380. The van der Waals surface area contributed by atoms with Gasteiger partial charge in [-0.25, -0.2) is 9.97 Å². The highest BCUT2D eigenvalue weighted by Gasteiger charge is 2.30. The number of carbonyl (C=O) groups excluding carboxylic acids is 1. The molecule has 0 saturated heterocycles. The Kier molecular flexibility index (Phi) is 5.47. The molecule has 2 aromatic carbocycles. The second-order valence-corrected chi connectivity index (χ2v) is 9.39. The molecule has 170 valence electrons. The molecule has 10 nitrogen and oxygen atoms in total. The predicted octanol–water partition coefficient (Wildman–Crippen LogP) is 3.06. The number of carbonyl (C=O) groups is 1. The zero-order valence-electron chi connectivity index (χ0n) is 17.5. The lowest BCUT2D eigenvalue weighted by molar-refractivity contribution is -0.117. The van der Waals surface area contributed by atoms with Gasteiger partial charge in [-0.2, -0.15) is 8.42 Å². The average Bonchev–Trinajstić information content (AvgIpc) is 3.38. The van der Waals surface area contributed by atoms with E-state index in [0.29, 0.717) is 23.5 Å². The molecular formula is C22H22N6O4S. The van der Waals surface area contributed by atoms with E-state index in [1.807, 2.05) is 0 Å². The van der Waals surface area contributed by atoms with Crippen molar-refractivity contribution in [2.45, 2.75) is 24.2 Å². The molecule has 1 fully saturated rings. The molecule has 4 aromatic rings. The van der Waals surface area contributed by atoms with Crippen LogP contribution in [-0.2, 0) is 21.3 Å². The van der Waals surface area contributed by atoms with E-state index in [1.54, 1.807) is 30.7 Å². The van der Waals surface area contributed by atoms with Crippen molar-refractivity contribution in [1.29, 1.82) is 0 Å². The fourth-order valence-electron chi connectivity index (χ4n) is 3.34. The molecule has 5 rings (SSSR count). The molecule has 1 saturated carbocycles. The van der Waals surface area contributed by atoms with Gasteiger partial charge in [0.2, 0.25) is 11.9 Å². The van der Waals surface area contributed by atoms with Crippen molar-refractivity contribution >= 4 is 38.7 Å². The molecule has 1 aliphatic carbocycles. The number of hydrogen-bond donors (Lipinski definition) is 4. The average molecular weight is 467 g/mol. The van der Waals surface area contributed by atoms with Crippen LogP contribution in [0.25, 0.3) is 11.0 Å². The summed E-state index contributed by atoms with van der Waals surface area (Å²) in [7, 11) is -4.01. The topological polar surface area (TPSA) is 142 Å². The summed E-state index contributed by atoms with van der Waals surface area (Å²) in [6, 6.07) is 11.1. The Morgan fingerprint density at radius 1 is 1.15 bits per heavy atom. The largest absolute Gasteiger partial charge is 0.385 e. The van der Waals surface area contributed by atoms with E-state index in [4.69, 9.17) is 4.18 Å². The summed E-state index contributed by atoms with van der Waals surface area (Å²) in [5.74, 6) is 0.470. The van der Waals surface area contributed by atoms with Crippen LogP contribution < -0.4 is 14.8 Å². The molecule has 2 heterocycles. The van der Waals surface area contributed by atoms with Crippen LogP contribution in [-0.4, -0.2) is 40.8 Å². The summed E-state index contributed by atoms with van der Waals surface area (Å²) >= 11 is 0. The number of anilines is 2. The Balaban J connectivity index is 1.23. The molecule has 1 aliphatic rings. The zero-order chi connectivity index (χ0) is 22.8. The van der Waals surface area contributed by atoms with Crippen LogP contribution in [0.2, 0.25) is 0 Å². The minimum Gasteiger partial charge on any atom is -0.385 e. The summed E-state index contributed by atoms with van der Waals surface area (Å²) in [6.07, 6.45) is 5.95. The van der Waals surface area contributed by atoms with E-state index in [-0.39, 0.29) is 22.5 Å². The van der Waals surface area contributed by atoms with Crippen molar-refractivity contribution in [2.24, 2.45) is 5.92 Å². The molecule has 0 bridgehead atoms. The standard InChI is InChI=1S/C22H22N6O4S/c29-21(14-1-2-14)28-22-26-19-8-5-17(11-20(19)27-22)32-33(30,31)18-6-3-15(4-7-18)24-10-9-16-12-23-13-25-16/h3-8,11-14,24H,1-2,9-10H2,(H,23,25)(H2,26,27,28,29). The number of benzene rings is 2. The monoisotopic (exact) mass is 466 g/mol. The molecule has 0 spiro atoms. The summed E-state index contributed by atoms with van der Waals surface area (Å²) in [5, 5.41) is 5.97. The maximum Gasteiger partial charge on any atom is 0.339 e. The second kappa shape index (κ2) is 8.58. The van der Waals surface area contributed by atoms with Crippen molar-refractivity contribution in [2.75, 3.05) is 17.2 Å². The molecular weight excluding hydrogens is 444 g/mol. The van der Waals surface area contributed by atoms with Gasteiger partial charge in [0.15, 0.2) is 0 Å². The van der Waals surface area contributed by atoms with E-state index in [2.05, 4.69) is 30.6 Å². The van der Waals surface area contributed by atoms with Gasteiger partial charge in [0.25, 0.3) is 0 Å². The van der Waals surface area contributed by atoms with Gasteiger partial charge in [-0.15, -0.1) is 0 Å². The van der Waals surface area contributed by atoms with Crippen LogP contribution in [0.1, 0.15) is 18.5 Å². The number of hydrogen-bond acceptors (Lipinski definition) is 7. The summed E-state index contributed by atoms with van der Waals surface area (Å²) in [5.41, 5.74) is 2.97. The molecule has 0 aliphatic heterocycles. The molecule has 33 heavy (non-hydrogen) atoms. The van der Waals surface area contributed by atoms with Gasteiger partial charge < -0.3 is 19.5 Å². The molecule has 0 radical (unpaired) electrons. The Morgan fingerprint density at radius 3 is 2.70 bits per heavy atom. The van der Waals surface area contributed by atoms with Gasteiger partial charge in [0.1, 0.15) is 10.6 Å². The molecule has 0 unspecified atom stereocenters. The van der Waals surface area contributed by atoms with Crippen LogP contribution in [0.15, 0.2) is 59.9 Å². The fourth-order valence-corrected chi connectivity index (χ4v) is 4.26. The highest BCUT2D eigenvalue weighted by Crippen LogP contribution is 2.30. The SMILES string of the molecule is O=C(Nc1nc2ccc(OS(=O)(=O)c3ccc(NCCc4cnc[nH]4)cc3)cc2[nH]1)C1CC1. The number of aromatic amines is 2. The summed E-state index contributed by atoms with van der Waals surface area (Å²) in [6.45, 7) is 0.679. The Labute approximate surface area is 189 Å². The zero-order valence-corrected chi connectivity index (χ0v) is 18.4. The number of nitrogens with one attached hydrogen (secondary N) is 4. The maximum absolute atomic E-state index is 12.7. The first-order valence-electron chi connectivity index (χ1n) is 10.5. The van der Waals surface area contributed by atoms with E-state index in [0.717, 1.165) is 30.6 Å². The van der Waals surface area contributed by atoms with Crippen molar-refractivity contribution in [3.63, 3.8) is 0 Å². The van der Waals surface area contributed by atoms with E-state index in [1.165, 1.54) is 24.3 Å². The van der Waals surface area contributed by atoms with Crippen molar-refractivity contribution in [3.05, 3.63) is 60.7 Å². The first kappa shape index (κ1) is 21.0. The number of amides is 1. The minimum absolute atomic E-state index is 0.0451. The quantitative estimate of drug-likeness (QED) is 0.278. The van der Waals surface area contributed by atoms with Crippen LogP contribution in [0, 0.1) is 5.92 Å². The maximum atomic E-state index is 12.7. The summed E-state index contributed by atoms with van der Waals surface area (Å²) < 4.78 is 30.7. The third-order valence-corrected chi connectivity index (χ3v) is 6.53. The first-order valence-corrected chi connectivity index (χ1v) is 11.9. The van der Waals surface area contributed by atoms with Gasteiger partial charge in [-0.05, 0) is 49.2 Å². The number of aromatic nitrogens is 4. The fraction of sp³-hybridized carbons (Fsp3) is 0.227. The normalized spacial score (nSPS) is 13.7. The molecule has 4 N–H and O–H groups in total. The second-order valence-electron chi connectivity index (χ2n) is 7.84. The lowest BCUT2D eigenvalue weighted by atomic mass is 10.3. The van der Waals surface area contributed by atoms with Crippen LogP contribution in [0.3, 0.4) is 0 Å². The van der Waals surface area contributed by atoms with Crippen molar-refractivity contribution in [3.8, 4) is 5.75 Å². The number of imidazole rings is 2. The summed E-state index contributed by atoms with van der Waals surface area (Å²) in [4.78, 5) is 26.2. The van der Waals surface area contributed by atoms with Gasteiger partial charge >= 0.3 is 10.1 Å². The lowest BCUT2D eigenvalue weighted by Crippen LogP contribution is -2.14. The number of fused-ring (bicyclic) bond motifs is 1. The highest BCUT2D eigenvalue weighted by molar-refractivity contribution is 7.87. The highest BCUT2D eigenvalue weighted by atomic mass is 32.2. The molecule has 1 amide bonds. The molecule has 11 heteroatoms. The third kappa shape index (κ3) is 4.98. The van der Waals surface area contributed by atoms with Gasteiger partial charge in [0, 0.05) is 42.5 Å². The van der Waals surface area contributed by atoms with Gasteiger partial charge in [-0.3, -0.25) is 10.1 Å². The van der Waals surface area contributed by atoms with Crippen LogP contribution in [0.5, 0.6) is 5.75 Å². The smallest absolute Gasteiger partial charge is 0.339 e. The van der Waals surface area contributed by atoms with Crippen LogP contribution >= 0.6 is 0 Å². The molecule has 0 atom stereocenters. The van der Waals surface area contributed by atoms with Crippen LogP contribution in [0.4, 0.5) is 11.6 Å². The number of nitrogens with zero attached hydrogens (tertiary/aromatic N) is 2. The van der Waals surface area contributed by atoms with Gasteiger partial charge in [-0.1, -0.05) is 0 Å². The van der Waals surface area contributed by atoms with Gasteiger partial charge in [0.05, 0.1) is 17.4 Å². The first-order chi connectivity index (χ1) is 16.0. The predicted molar refractivity (Wildman–Crippen MR) is 122 cm³/mol. The third-order valence-electron chi connectivity index (χ3n) is 5.27. The Hall–Kier alpha value is -3.86. The number of rotatable bonds is 9. The van der Waals surface area contributed by atoms with E-state index in [9.17, 15) is 13.2 Å². The van der Waals surface area contributed by atoms with Crippen molar-refractivity contribution < 1.29 is 17.4 Å². The molecule has 2 aromatic heterocycles. The minimum atomic E-state index is -4.01. The number of H-pyrrole nitrogens is 2.